The third-order valence-electron chi connectivity index (χ3n) is 2.00. The van der Waals surface area contributed by atoms with Crippen molar-refractivity contribution in [2.75, 3.05) is 13.2 Å². The van der Waals surface area contributed by atoms with Crippen LogP contribution in [0, 0.1) is 0 Å². The Labute approximate surface area is 82.3 Å². The molecule has 14 heavy (non-hydrogen) atoms. The van der Waals surface area contributed by atoms with Crippen molar-refractivity contribution < 1.29 is 23.8 Å². The molecule has 0 aliphatic carbocycles. The van der Waals surface area contributed by atoms with Crippen molar-refractivity contribution in [3.8, 4) is 0 Å². The minimum absolute atomic E-state index is 0.0793. The van der Waals surface area contributed by atoms with Gasteiger partial charge in [-0.1, -0.05) is 0 Å². The second-order valence-corrected chi connectivity index (χ2v) is 3.38. The number of rotatable bonds is 3. The molecule has 1 saturated heterocycles. The molecular formula is C9H14O5. The van der Waals surface area contributed by atoms with Crippen LogP contribution in [0.1, 0.15) is 26.7 Å². The molecule has 0 spiro atoms. The van der Waals surface area contributed by atoms with E-state index in [1.165, 1.54) is 0 Å². The Morgan fingerprint density at radius 1 is 1.64 bits per heavy atom. The molecule has 1 atom stereocenters. The van der Waals surface area contributed by atoms with Crippen molar-refractivity contribution in [2.24, 2.45) is 0 Å². The normalized spacial score (nSPS) is 26.3. The molecule has 1 aliphatic heterocycles. The Bertz CT molecular complexity index is 237. The molecule has 0 aromatic rings. The summed E-state index contributed by atoms with van der Waals surface area (Å²) in [6.45, 7) is 4.05. The van der Waals surface area contributed by atoms with Gasteiger partial charge in [-0.2, -0.15) is 0 Å². The Morgan fingerprint density at radius 2 is 2.36 bits per heavy atom. The van der Waals surface area contributed by atoms with Crippen LogP contribution >= 0.6 is 0 Å². The number of carbonyl (C=O) groups excluding carboxylic acids is 2. The number of carbonyl (C=O) groups is 2. The summed E-state index contributed by atoms with van der Waals surface area (Å²) in [4.78, 5) is 22.0. The average Bonchev–Trinajstić information content (AvgIpc) is 2.02. The zero-order chi connectivity index (χ0) is 10.6. The maximum Gasteiger partial charge on any atom is 0.508 e. The van der Waals surface area contributed by atoms with Gasteiger partial charge in [0.05, 0.1) is 19.6 Å². The minimum Gasteiger partial charge on any atom is -0.466 e. The maximum absolute atomic E-state index is 11.2. The number of hydrogen-bond donors (Lipinski definition) is 0. The molecule has 5 nitrogen and oxygen atoms in total. The van der Waals surface area contributed by atoms with E-state index in [1.807, 2.05) is 0 Å². The lowest BCUT2D eigenvalue weighted by atomic mass is 9.98. The largest absolute Gasteiger partial charge is 0.508 e. The Kier molecular flexibility index (Phi) is 3.33. The maximum atomic E-state index is 11.2. The lowest BCUT2D eigenvalue weighted by Gasteiger charge is -2.31. The van der Waals surface area contributed by atoms with Gasteiger partial charge >= 0.3 is 12.1 Å². The van der Waals surface area contributed by atoms with Gasteiger partial charge in [-0.3, -0.25) is 4.79 Å². The second kappa shape index (κ2) is 4.30. The molecule has 0 N–H and O–H groups in total. The molecule has 0 aromatic heterocycles. The first-order valence-electron chi connectivity index (χ1n) is 4.57. The molecule has 0 aromatic carbocycles. The summed E-state index contributed by atoms with van der Waals surface area (Å²) in [5, 5.41) is 0. The molecule has 1 heterocycles. The second-order valence-electron chi connectivity index (χ2n) is 3.38. The highest BCUT2D eigenvalue weighted by Crippen LogP contribution is 2.25. The summed E-state index contributed by atoms with van der Waals surface area (Å²) >= 11 is 0. The van der Waals surface area contributed by atoms with E-state index in [9.17, 15) is 9.59 Å². The number of hydrogen-bond acceptors (Lipinski definition) is 5. The van der Waals surface area contributed by atoms with Gasteiger partial charge in [0.25, 0.3) is 0 Å². The molecule has 1 fully saturated rings. The van der Waals surface area contributed by atoms with Gasteiger partial charge in [-0.05, 0) is 13.8 Å². The summed E-state index contributed by atoms with van der Waals surface area (Å²) in [5.74, 6) is -0.357. The van der Waals surface area contributed by atoms with Crippen LogP contribution in [0.5, 0.6) is 0 Å². The van der Waals surface area contributed by atoms with E-state index >= 15 is 0 Å². The van der Waals surface area contributed by atoms with Crippen molar-refractivity contribution in [1.82, 2.24) is 0 Å². The summed E-state index contributed by atoms with van der Waals surface area (Å²) in [6, 6.07) is 0. The summed E-state index contributed by atoms with van der Waals surface area (Å²) in [6.07, 6.45) is -0.129. The molecule has 0 bridgehead atoms. The first-order valence-corrected chi connectivity index (χ1v) is 4.57. The van der Waals surface area contributed by atoms with Crippen molar-refractivity contribution in [1.29, 1.82) is 0 Å². The number of cyclic esters (lactones) is 2. The van der Waals surface area contributed by atoms with Crippen molar-refractivity contribution in [3.63, 3.8) is 0 Å². The first kappa shape index (κ1) is 10.8. The quantitative estimate of drug-likeness (QED) is 0.644. The van der Waals surface area contributed by atoms with Crippen molar-refractivity contribution >= 4 is 12.1 Å². The SMILES string of the molecule is CCOC(=O)CC1(C)CCOC(=O)O1. The highest BCUT2D eigenvalue weighted by Gasteiger charge is 2.36. The third kappa shape index (κ3) is 2.90. The van der Waals surface area contributed by atoms with Crippen LogP contribution in [0.15, 0.2) is 0 Å². The van der Waals surface area contributed by atoms with Gasteiger partial charge in [0.2, 0.25) is 0 Å². The fourth-order valence-corrected chi connectivity index (χ4v) is 1.27. The fourth-order valence-electron chi connectivity index (χ4n) is 1.27. The Morgan fingerprint density at radius 3 is 2.93 bits per heavy atom. The van der Waals surface area contributed by atoms with Crippen LogP contribution in [-0.4, -0.2) is 30.9 Å². The van der Waals surface area contributed by atoms with Crippen molar-refractivity contribution in [3.05, 3.63) is 0 Å². The van der Waals surface area contributed by atoms with Gasteiger partial charge < -0.3 is 14.2 Å². The average molecular weight is 202 g/mol. The molecule has 1 rings (SSSR count). The smallest absolute Gasteiger partial charge is 0.466 e. The predicted octanol–water partition coefficient (Wildman–Crippen LogP) is 1.26. The molecule has 5 heteroatoms. The van der Waals surface area contributed by atoms with Crippen LogP contribution in [0.25, 0.3) is 0 Å². The van der Waals surface area contributed by atoms with E-state index in [4.69, 9.17) is 9.47 Å². The monoisotopic (exact) mass is 202 g/mol. The van der Waals surface area contributed by atoms with E-state index in [0.717, 1.165) is 0 Å². The van der Waals surface area contributed by atoms with Crippen LogP contribution in [0.3, 0.4) is 0 Å². The minimum atomic E-state index is -0.776. The van der Waals surface area contributed by atoms with Gasteiger partial charge in [0, 0.05) is 6.42 Å². The predicted molar refractivity (Wildman–Crippen MR) is 46.7 cm³/mol. The van der Waals surface area contributed by atoms with E-state index in [2.05, 4.69) is 4.74 Å². The molecule has 1 aliphatic rings. The summed E-state index contributed by atoms with van der Waals surface area (Å²) in [7, 11) is 0. The molecule has 0 radical (unpaired) electrons. The van der Waals surface area contributed by atoms with E-state index in [0.29, 0.717) is 13.0 Å². The molecule has 0 amide bonds. The van der Waals surface area contributed by atoms with Crippen LogP contribution in [-0.2, 0) is 19.0 Å². The summed E-state index contributed by atoms with van der Waals surface area (Å²) in [5.41, 5.74) is -0.776. The fraction of sp³-hybridized carbons (Fsp3) is 0.778. The van der Waals surface area contributed by atoms with E-state index in [1.54, 1.807) is 13.8 Å². The lowest BCUT2D eigenvalue weighted by molar-refractivity contribution is -0.152. The van der Waals surface area contributed by atoms with Gasteiger partial charge in [-0.25, -0.2) is 4.79 Å². The number of esters is 1. The topological polar surface area (TPSA) is 61.8 Å². The van der Waals surface area contributed by atoms with Crippen molar-refractivity contribution in [2.45, 2.75) is 32.3 Å². The zero-order valence-corrected chi connectivity index (χ0v) is 8.37. The lowest BCUT2D eigenvalue weighted by Crippen LogP contribution is -2.40. The van der Waals surface area contributed by atoms with Gasteiger partial charge in [-0.15, -0.1) is 0 Å². The zero-order valence-electron chi connectivity index (χ0n) is 8.37. The van der Waals surface area contributed by atoms with Crippen LogP contribution < -0.4 is 0 Å². The van der Waals surface area contributed by atoms with Crippen LogP contribution in [0.2, 0.25) is 0 Å². The highest BCUT2D eigenvalue weighted by molar-refractivity contribution is 5.71. The molecule has 1 unspecified atom stereocenters. The summed E-state index contributed by atoms with van der Waals surface area (Å²) < 4.78 is 14.3. The third-order valence-corrected chi connectivity index (χ3v) is 2.00. The van der Waals surface area contributed by atoms with Gasteiger partial charge in [0.1, 0.15) is 5.60 Å². The first-order chi connectivity index (χ1) is 6.56. The van der Waals surface area contributed by atoms with Gasteiger partial charge in [0.15, 0.2) is 0 Å². The molecular weight excluding hydrogens is 188 g/mol. The van der Waals surface area contributed by atoms with E-state index in [-0.39, 0.29) is 19.0 Å². The highest BCUT2D eigenvalue weighted by atomic mass is 16.7. The van der Waals surface area contributed by atoms with E-state index < -0.39 is 11.8 Å². The molecule has 80 valence electrons. The molecule has 0 saturated carbocycles. The number of ether oxygens (including phenoxy) is 3. The Balaban J connectivity index is 2.48. The Hall–Kier alpha value is -1.26. The van der Waals surface area contributed by atoms with Crippen LogP contribution in [0.4, 0.5) is 4.79 Å². The standard InChI is InChI=1S/C9H14O5/c1-3-12-7(10)6-9(2)4-5-13-8(11)14-9/h3-6H2,1-2H3.